The van der Waals surface area contributed by atoms with Crippen LogP contribution >= 0.6 is 20.8 Å². The Morgan fingerprint density at radius 3 is 2.90 bits per heavy atom. The number of hydrogen-bond acceptors (Lipinski definition) is 6. The second-order valence-electron chi connectivity index (χ2n) is 7.61. The van der Waals surface area contributed by atoms with Crippen molar-refractivity contribution in [3.8, 4) is 18.1 Å². The van der Waals surface area contributed by atoms with Gasteiger partial charge in [0.25, 0.3) is 0 Å². The van der Waals surface area contributed by atoms with Gasteiger partial charge in [0.15, 0.2) is 0 Å². The summed E-state index contributed by atoms with van der Waals surface area (Å²) in [6.07, 6.45) is 6.57. The molecule has 0 amide bonds. The van der Waals surface area contributed by atoms with Gasteiger partial charge in [-0.25, -0.2) is 4.79 Å². The predicted octanol–water partition coefficient (Wildman–Crippen LogP) is 3.03. The van der Waals surface area contributed by atoms with Crippen LogP contribution in [0.25, 0.3) is 0 Å². The lowest BCUT2D eigenvalue weighted by Crippen LogP contribution is -2.45. The van der Waals surface area contributed by atoms with E-state index in [1.54, 1.807) is 0 Å². The summed E-state index contributed by atoms with van der Waals surface area (Å²) in [6.45, 7) is 4.31. The molecule has 0 bridgehead atoms. The highest BCUT2D eigenvalue weighted by atomic mass is 32.1. The van der Waals surface area contributed by atoms with Crippen LogP contribution < -0.4 is 10.2 Å². The van der Waals surface area contributed by atoms with Crippen molar-refractivity contribution in [1.82, 2.24) is 9.55 Å². The highest BCUT2D eigenvalue weighted by Crippen LogP contribution is 2.51. The maximum atomic E-state index is 12.3. The standard InChI is InChI=1S/C20H19B2N2O5PS/c1-4-13-9-24(19(25)23-18(13)31)16-6-5-15(27-16)20(21,22)29-30-26-10-14-8-11(2)7-12(3)17(14)28-30/h1,7-9,15-16H,5-6,10H2,2-3H3,(H,23,25,31). The molecule has 2 aliphatic heterocycles. The molecule has 2 aliphatic rings. The van der Waals surface area contributed by atoms with Gasteiger partial charge < -0.3 is 13.8 Å². The van der Waals surface area contributed by atoms with E-state index in [-0.39, 0.29) is 4.64 Å². The zero-order valence-electron chi connectivity index (χ0n) is 17.1. The number of aromatic nitrogens is 2. The van der Waals surface area contributed by atoms with E-state index in [0.717, 1.165) is 22.4 Å². The molecule has 1 N–H and O–H groups in total. The zero-order valence-corrected chi connectivity index (χ0v) is 18.8. The minimum Gasteiger partial charge on any atom is -0.426 e. The van der Waals surface area contributed by atoms with Crippen LogP contribution in [0.15, 0.2) is 23.1 Å². The molecule has 2 aromatic rings. The molecule has 0 saturated carbocycles. The second-order valence-corrected chi connectivity index (χ2v) is 9.09. The van der Waals surface area contributed by atoms with E-state index >= 15 is 0 Å². The van der Waals surface area contributed by atoms with Crippen molar-refractivity contribution in [2.24, 2.45) is 0 Å². The molecular formula is C20H19B2N2O5PS. The van der Waals surface area contributed by atoms with Crippen molar-refractivity contribution in [3.63, 3.8) is 0 Å². The highest BCUT2D eigenvalue weighted by molar-refractivity contribution is 7.71. The number of aryl methyl sites for hydroxylation is 2. The lowest BCUT2D eigenvalue weighted by atomic mass is 9.61. The number of benzene rings is 1. The predicted molar refractivity (Wildman–Crippen MR) is 121 cm³/mol. The third kappa shape index (κ3) is 4.52. The lowest BCUT2D eigenvalue weighted by molar-refractivity contribution is -0.0469. The van der Waals surface area contributed by atoms with E-state index in [1.165, 1.54) is 10.8 Å². The monoisotopic (exact) mass is 452 g/mol. The van der Waals surface area contributed by atoms with Crippen LogP contribution in [0.4, 0.5) is 0 Å². The van der Waals surface area contributed by atoms with Crippen LogP contribution in [0.5, 0.6) is 5.75 Å². The van der Waals surface area contributed by atoms with Crippen molar-refractivity contribution in [3.05, 3.63) is 55.7 Å². The van der Waals surface area contributed by atoms with Gasteiger partial charge in [0.2, 0.25) is 0 Å². The van der Waals surface area contributed by atoms with Crippen LogP contribution in [-0.2, 0) is 20.4 Å². The van der Waals surface area contributed by atoms with E-state index in [9.17, 15) is 4.79 Å². The number of nitrogens with one attached hydrogen (secondary N) is 1. The second kappa shape index (κ2) is 8.57. The first-order valence-electron chi connectivity index (χ1n) is 9.63. The maximum absolute atomic E-state index is 12.3. The lowest BCUT2D eigenvalue weighted by Gasteiger charge is -2.36. The molecule has 3 unspecified atom stereocenters. The molecular weight excluding hydrogens is 433 g/mol. The zero-order chi connectivity index (χ0) is 22.3. The Morgan fingerprint density at radius 2 is 2.16 bits per heavy atom. The molecule has 1 fully saturated rings. The minimum absolute atomic E-state index is 0.203. The van der Waals surface area contributed by atoms with Gasteiger partial charge in [-0.15, -0.1) is 6.42 Å². The minimum atomic E-state index is -1.82. The molecule has 3 heterocycles. The average molecular weight is 452 g/mol. The van der Waals surface area contributed by atoms with E-state index in [0.29, 0.717) is 25.0 Å². The third-order valence-corrected chi connectivity index (χ3v) is 6.61. The number of rotatable bonds is 4. The fourth-order valence-corrected chi connectivity index (χ4v) is 5.07. The Hall–Kier alpha value is -1.88. The number of ether oxygens (including phenoxy) is 1. The van der Waals surface area contributed by atoms with Gasteiger partial charge in [-0.1, -0.05) is 35.8 Å². The molecule has 11 heteroatoms. The summed E-state index contributed by atoms with van der Waals surface area (Å²) in [5, 5.41) is -1.68. The summed E-state index contributed by atoms with van der Waals surface area (Å²) in [7, 11) is 10.7. The van der Waals surface area contributed by atoms with E-state index in [2.05, 4.69) is 10.9 Å². The van der Waals surface area contributed by atoms with Gasteiger partial charge in [0, 0.05) is 17.2 Å². The van der Waals surface area contributed by atoms with Crippen molar-refractivity contribution in [2.75, 3.05) is 0 Å². The van der Waals surface area contributed by atoms with Gasteiger partial charge >= 0.3 is 14.3 Å². The van der Waals surface area contributed by atoms with Crippen LogP contribution in [0, 0.1) is 30.8 Å². The Labute approximate surface area is 189 Å². The van der Waals surface area contributed by atoms with Gasteiger partial charge in [0.05, 0.1) is 18.3 Å². The molecule has 3 atom stereocenters. The molecule has 156 valence electrons. The molecule has 1 aromatic heterocycles. The smallest absolute Gasteiger partial charge is 0.396 e. The van der Waals surface area contributed by atoms with Crippen molar-refractivity contribution >= 4 is 36.5 Å². The summed E-state index contributed by atoms with van der Waals surface area (Å²) in [5.41, 5.74) is 3.01. The molecule has 31 heavy (non-hydrogen) atoms. The average Bonchev–Trinajstić information content (AvgIpc) is 3.19. The van der Waals surface area contributed by atoms with Crippen LogP contribution in [-0.4, -0.2) is 36.7 Å². The SMILES string of the molecule is [B]C([B])(OP1OCc2cc(C)cc(C)c2O1)C1CCC(n2cc(C#C)c(=S)[nH]c2=O)O1. The van der Waals surface area contributed by atoms with Crippen molar-refractivity contribution < 1.29 is 18.3 Å². The number of hydrogen-bond donors (Lipinski definition) is 1. The summed E-state index contributed by atoms with van der Waals surface area (Å²) in [6, 6.07) is 4.03. The Balaban J connectivity index is 1.46. The van der Waals surface area contributed by atoms with Gasteiger partial charge in [-0.05, 0) is 32.3 Å². The fraction of sp³-hybridized carbons (Fsp3) is 0.400. The van der Waals surface area contributed by atoms with Crippen LogP contribution in [0.3, 0.4) is 0 Å². The maximum Gasteiger partial charge on any atom is 0.396 e. The normalized spacial score (nSPS) is 23.1. The molecule has 0 aliphatic carbocycles. The van der Waals surface area contributed by atoms with E-state index in [4.69, 9.17) is 52.6 Å². The summed E-state index contributed by atoms with van der Waals surface area (Å²) < 4.78 is 24.9. The topological polar surface area (TPSA) is 74.7 Å². The number of fused-ring (bicyclic) bond motifs is 1. The molecule has 0 spiro atoms. The van der Waals surface area contributed by atoms with Gasteiger partial charge in [-0.3, -0.25) is 14.1 Å². The van der Waals surface area contributed by atoms with Gasteiger partial charge in [0.1, 0.15) is 32.3 Å². The quantitative estimate of drug-likeness (QED) is 0.333. The number of nitrogens with zero attached hydrogens (tertiary/aromatic N) is 1. The Kier molecular flexibility index (Phi) is 6.17. The summed E-state index contributed by atoms with van der Waals surface area (Å²) in [5.74, 6) is 3.16. The largest absolute Gasteiger partial charge is 0.426 e. The fourth-order valence-electron chi connectivity index (χ4n) is 3.69. The molecule has 1 saturated heterocycles. The summed E-state index contributed by atoms with van der Waals surface area (Å²) >= 11 is 5.05. The molecule has 7 nitrogen and oxygen atoms in total. The van der Waals surface area contributed by atoms with E-state index in [1.807, 2.05) is 26.0 Å². The highest BCUT2D eigenvalue weighted by Gasteiger charge is 2.41. The van der Waals surface area contributed by atoms with Crippen molar-refractivity contribution in [1.29, 1.82) is 0 Å². The Bertz CT molecular complexity index is 1180. The first-order valence-corrected chi connectivity index (χ1v) is 11.1. The van der Waals surface area contributed by atoms with E-state index < -0.39 is 32.0 Å². The van der Waals surface area contributed by atoms with Crippen LogP contribution in [0.2, 0.25) is 0 Å². The number of aromatic amines is 1. The Morgan fingerprint density at radius 1 is 1.39 bits per heavy atom. The molecule has 1 aromatic carbocycles. The van der Waals surface area contributed by atoms with Crippen molar-refractivity contribution in [2.45, 2.75) is 51.0 Å². The van der Waals surface area contributed by atoms with Gasteiger partial charge in [-0.2, -0.15) is 0 Å². The van der Waals surface area contributed by atoms with Crippen LogP contribution in [0.1, 0.15) is 41.3 Å². The number of H-pyrrole nitrogens is 1. The molecule has 4 radical (unpaired) electrons. The number of terminal acetylenes is 1. The third-order valence-electron chi connectivity index (χ3n) is 5.15. The first-order chi connectivity index (χ1) is 14.7. The molecule has 4 rings (SSSR count). The first kappa shape index (κ1) is 22.3. The summed E-state index contributed by atoms with van der Waals surface area (Å²) in [4.78, 5) is 14.8.